The predicted molar refractivity (Wildman–Crippen MR) is 90.1 cm³/mol. The first-order chi connectivity index (χ1) is 11.0. The van der Waals surface area contributed by atoms with E-state index in [1.165, 1.54) is 24.0 Å². The number of nitrogens with one attached hydrogen (secondary N) is 2. The fourth-order valence-electron chi connectivity index (χ4n) is 3.41. The minimum absolute atomic E-state index is 0.0505. The van der Waals surface area contributed by atoms with Gasteiger partial charge in [0.2, 0.25) is 0 Å². The largest absolute Gasteiger partial charge is 0.338 e. The minimum atomic E-state index is -2.88. The van der Waals surface area contributed by atoms with Gasteiger partial charge in [-0.05, 0) is 54.7 Å². The van der Waals surface area contributed by atoms with Crippen LogP contribution in [-0.2, 0) is 29.2 Å². The summed E-state index contributed by atoms with van der Waals surface area (Å²) in [5.41, 5.74) is 3.96. The second-order valence-corrected chi connectivity index (χ2v) is 8.87. The zero-order valence-corrected chi connectivity index (χ0v) is 14.1. The Bertz CT molecular complexity index is 685. The molecule has 5 nitrogen and oxygen atoms in total. The lowest BCUT2D eigenvalue weighted by Gasteiger charge is -2.17. The average Bonchev–Trinajstić information content (AvgIpc) is 2.90. The average molecular weight is 336 g/mol. The number of amides is 2. The molecule has 0 aromatic heterocycles. The first kappa shape index (κ1) is 16.3. The van der Waals surface area contributed by atoms with Gasteiger partial charge in [0.1, 0.15) is 0 Å². The molecule has 2 aliphatic rings. The van der Waals surface area contributed by atoms with Crippen LogP contribution in [0.25, 0.3) is 0 Å². The van der Waals surface area contributed by atoms with Crippen LogP contribution < -0.4 is 10.6 Å². The number of carbonyl (C=O) groups excluding carboxylic acids is 1. The third-order valence-corrected chi connectivity index (χ3v) is 6.58. The molecule has 2 amide bonds. The van der Waals surface area contributed by atoms with Gasteiger partial charge in [-0.25, -0.2) is 13.2 Å². The summed E-state index contributed by atoms with van der Waals surface area (Å²) in [5, 5.41) is 5.63. The first-order valence-corrected chi connectivity index (χ1v) is 10.2. The Balaban J connectivity index is 1.44. The van der Waals surface area contributed by atoms with Crippen LogP contribution in [-0.4, -0.2) is 32.5 Å². The molecule has 1 saturated heterocycles. The van der Waals surface area contributed by atoms with Crippen molar-refractivity contribution in [1.82, 2.24) is 10.6 Å². The summed E-state index contributed by atoms with van der Waals surface area (Å²) in [6, 6.07) is 6.21. The van der Waals surface area contributed by atoms with E-state index in [2.05, 4.69) is 28.8 Å². The van der Waals surface area contributed by atoms with Crippen LogP contribution in [0, 0.1) is 5.92 Å². The zero-order chi connectivity index (χ0) is 16.3. The molecule has 1 unspecified atom stereocenters. The molecular formula is C17H24N2O3S. The van der Waals surface area contributed by atoms with Crippen molar-refractivity contribution < 1.29 is 13.2 Å². The molecule has 23 heavy (non-hydrogen) atoms. The molecule has 1 fully saturated rings. The topological polar surface area (TPSA) is 75.3 Å². The highest BCUT2D eigenvalue weighted by molar-refractivity contribution is 7.91. The second-order valence-electron chi connectivity index (χ2n) is 6.64. The quantitative estimate of drug-likeness (QED) is 0.880. The monoisotopic (exact) mass is 336 g/mol. The van der Waals surface area contributed by atoms with Gasteiger partial charge in [-0.15, -0.1) is 0 Å². The molecular weight excluding hydrogens is 312 g/mol. The van der Waals surface area contributed by atoms with Gasteiger partial charge in [0, 0.05) is 13.1 Å². The molecule has 0 bridgehead atoms. The summed E-state index contributed by atoms with van der Waals surface area (Å²) in [6.45, 7) is 0.928. The molecule has 6 heteroatoms. The molecule has 1 atom stereocenters. The van der Waals surface area contributed by atoms with E-state index < -0.39 is 9.84 Å². The number of fused-ring (bicyclic) bond motifs is 1. The van der Waals surface area contributed by atoms with Gasteiger partial charge < -0.3 is 10.6 Å². The Kier molecular flexibility index (Phi) is 4.90. The lowest BCUT2D eigenvalue weighted by Crippen LogP contribution is -2.38. The molecule has 1 aromatic carbocycles. The maximum atomic E-state index is 11.9. The molecule has 126 valence electrons. The van der Waals surface area contributed by atoms with Crippen molar-refractivity contribution in [1.29, 1.82) is 0 Å². The van der Waals surface area contributed by atoms with Crippen LogP contribution in [0.15, 0.2) is 18.2 Å². The van der Waals surface area contributed by atoms with Gasteiger partial charge in [-0.1, -0.05) is 18.2 Å². The Morgan fingerprint density at radius 1 is 1.13 bits per heavy atom. The lowest BCUT2D eigenvalue weighted by atomic mass is 9.90. The zero-order valence-electron chi connectivity index (χ0n) is 13.3. The molecule has 0 spiro atoms. The number of hydrogen-bond acceptors (Lipinski definition) is 3. The third-order valence-electron chi connectivity index (χ3n) is 4.74. The van der Waals surface area contributed by atoms with Crippen molar-refractivity contribution in [2.75, 3.05) is 18.1 Å². The van der Waals surface area contributed by atoms with Gasteiger partial charge in [0.25, 0.3) is 0 Å². The Labute approximate surface area is 137 Å². The van der Waals surface area contributed by atoms with Crippen LogP contribution in [0.3, 0.4) is 0 Å². The SMILES string of the molecule is O=C(NCc1ccc2c(c1)CCCC2)NCC1CCS(=O)(=O)C1. The predicted octanol–water partition coefficient (Wildman–Crippen LogP) is 1.80. The smallest absolute Gasteiger partial charge is 0.315 e. The standard InChI is InChI=1S/C17H24N2O3S/c20-17(19-11-14-7-8-23(21,22)12-14)18-10-13-5-6-15-3-1-2-4-16(15)9-13/h5-6,9,14H,1-4,7-8,10-12H2,(H2,18,19,20). The molecule has 3 rings (SSSR count). The Hall–Kier alpha value is -1.56. The van der Waals surface area contributed by atoms with Crippen molar-refractivity contribution in [3.05, 3.63) is 34.9 Å². The summed E-state index contributed by atoms with van der Waals surface area (Å²) in [4.78, 5) is 11.9. The van der Waals surface area contributed by atoms with Crippen molar-refractivity contribution in [3.63, 3.8) is 0 Å². The van der Waals surface area contributed by atoms with E-state index in [1.807, 2.05) is 0 Å². The van der Waals surface area contributed by atoms with Gasteiger partial charge in [0.05, 0.1) is 11.5 Å². The number of urea groups is 1. The fourth-order valence-corrected chi connectivity index (χ4v) is 5.27. The van der Waals surface area contributed by atoms with E-state index in [4.69, 9.17) is 0 Å². The van der Waals surface area contributed by atoms with Crippen molar-refractivity contribution in [2.45, 2.75) is 38.6 Å². The summed E-state index contributed by atoms with van der Waals surface area (Å²) in [5.74, 6) is 0.489. The first-order valence-electron chi connectivity index (χ1n) is 8.35. The van der Waals surface area contributed by atoms with Crippen LogP contribution in [0.5, 0.6) is 0 Å². The highest BCUT2D eigenvalue weighted by Gasteiger charge is 2.27. The highest BCUT2D eigenvalue weighted by atomic mass is 32.2. The van der Waals surface area contributed by atoms with E-state index in [1.54, 1.807) is 0 Å². The van der Waals surface area contributed by atoms with Crippen molar-refractivity contribution in [2.24, 2.45) is 5.92 Å². The number of sulfone groups is 1. The molecule has 0 radical (unpaired) electrons. The van der Waals surface area contributed by atoms with E-state index in [9.17, 15) is 13.2 Å². The van der Waals surface area contributed by atoms with Gasteiger partial charge in [-0.3, -0.25) is 0 Å². The number of aryl methyl sites for hydroxylation is 2. The minimum Gasteiger partial charge on any atom is -0.338 e. The fraction of sp³-hybridized carbons (Fsp3) is 0.588. The number of hydrogen-bond donors (Lipinski definition) is 2. The molecule has 1 aliphatic heterocycles. The summed E-state index contributed by atoms with van der Waals surface area (Å²) in [6.07, 6.45) is 5.45. The second kappa shape index (κ2) is 6.91. The van der Waals surface area contributed by atoms with Crippen molar-refractivity contribution >= 4 is 15.9 Å². The normalized spacial score (nSPS) is 22.3. The Morgan fingerprint density at radius 2 is 1.91 bits per heavy atom. The van der Waals surface area contributed by atoms with Crippen LogP contribution in [0.2, 0.25) is 0 Å². The number of rotatable bonds is 4. The van der Waals surface area contributed by atoms with Gasteiger partial charge in [0.15, 0.2) is 9.84 Å². The van der Waals surface area contributed by atoms with Crippen LogP contribution in [0.4, 0.5) is 4.79 Å². The van der Waals surface area contributed by atoms with Crippen LogP contribution in [0.1, 0.15) is 36.0 Å². The summed E-state index contributed by atoms with van der Waals surface area (Å²) in [7, 11) is -2.88. The highest BCUT2D eigenvalue weighted by Crippen LogP contribution is 2.22. The number of carbonyl (C=O) groups is 1. The van der Waals surface area contributed by atoms with Crippen LogP contribution >= 0.6 is 0 Å². The van der Waals surface area contributed by atoms with Gasteiger partial charge in [-0.2, -0.15) is 0 Å². The molecule has 2 N–H and O–H groups in total. The van der Waals surface area contributed by atoms with Crippen molar-refractivity contribution in [3.8, 4) is 0 Å². The molecule has 1 heterocycles. The molecule has 1 aliphatic carbocycles. The molecule has 1 aromatic rings. The maximum absolute atomic E-state index is 11.9. The molecule has 0 saturated carbocycles. The lowest BCUT2D eigenvalue weighted by molar-refractivity contribution is 0.239. The van der Waals surface area contributed by atoms with E-state index in [0.717, 1.165) is 18.4 Å². The maximum Gasteiger partial charge on any atom is 0.315 e. The number of benzene rings is 1. The van der Waals surface area contributed by atoms with Gasteiger partial charge >= 0.3 is 6.03 Å². The third kappa shape index (κ3) is 4.47. The summed E-state index contributed by atoms with van der Waals surface area (Å²) < 4.78 is 22.8. The van der Waals surface area contributed by atoms with E-state index in [0.29, 0.717) is 19.5 Å². The summed E-state index contributed by atoms with van der Waals surface area (Å²) >= 11 is 0. The Morgan fingerprint density at radius 3 is 2.65 bits per heavy atom. The van der Waals surface area contributed by atoms with E-state index in [-0.39, 0.29) is 23.5 Å². The van der Waals surface area contributed by atoms with E-state index >= 15 is 0 Å².